The predicted molar refractivity (Wildman–Crippen MR) is 38.2 cm³/mol. The Morgan fingerprint density at radius 3 is 2.90 bits per heavy atom. The summed E-state index contributed by atoms with van der Waals surface area (Å²) >= 11 is 3.02. The first-order valence-electron chi connectivity index (χ1n) is 2.42. The van der Waals surface area contributed by atoms with Gasteiger partial charge >= 0.3 is 5.82 Å². The number of pyridine rings is 1. The molecular formula is C6H2BrFN2. The minimum atomic E-state index is -0.593. The van der Waals surface area contributed by atoms with E-state index in [0.29, 0.717) is 4.47 Å². The van der Waals surface area contributed by atoms with Crippen LogP contribution in [-0.2, 0) is 0 Å². The summed E-state index contributed by atoms with van der Waals surface area (Å²) in [5, 5.41) is 0. The molecule has 0 aliphatic heterocycles. The first-order valence-corrected chi connectivity index (χ1v) is 3.22. The first-order chi connectivity index (χ1) is 4.74. The summed E-state index contributed by atoms with van der Waals surface area (Å²) in [7, 11) is 0. The van der Waals surface area contributed by atoms with Gasteiger partial charge in [0.25, 0.3) is 0 Å². The molecule has 0 saturated heterocycles. The van der Waals surface area contributed by atoms with Crippen LogP contribution < -0.4 is 0 Å². The van der Waals surface area contributed by atoms with E-state index in [0.717, 1.165) is 0 Å². The second-order valence-corrected chi connectivity index (χ2v) is 2.49. The summed E-state index contributed by atoms with van der Waals surface area (Å²) in [6.45, 7) is 6.46. The average molecular weight is 201 g/mol. The van der Waals surface area contributed by atoms with E-state index in [1.807, 2.05) is 0 Å². The Hall–Kier alpha value is -0.950. The van der Waals surface area contributed by atoms with Gasteiger partial charge in [0.05, 0.1) is 4.47 Å². The van der Waals surface area contributed by atoms with E-state index < -0.39 is 5.82 Å². The maximum Gasteiger partial charge on any atom is 0.305 e. The predicted octanol–water partition coefficient (Wildman–Crippen LogP) is 2.53. The van der Waals surface area contributed by atoms with Gasteiger partial charge in [0.2, 0.25) is 0 Å². The first kappa shape index (κ1) is 7.16. The van der Waals surface area contributed by atoms with Crippen molar-refractivity contribution in [2.45, 2.75) is 0 Å². The van der Waals surface area contributed by atoms with Gasteiger partial charge in [-0.2, -0.15) is 0 Å². The van der Waals surface area contributed by atoms with Gasteiger partial charge in [0, 0.05) is 0 Å². The zero-order chi connectivity index (χ0) is 7.56. The molecule has 0 radical (unpaired) electrons. The van der Waals surface area contributed by atoms with E-state index in [4.69, 9.17) is 6.57 Å². The lowest BCUT2D eigenvalue weighted by atomic mass is 10.4. The lowest BCUT2D eigenvalue weighted by molar-refractivity contribution is 0.627. The molecule has 0 unspecified atom stereocenters. The number of rotatable bonds is 0. The zero-order valence-electron chi connectivity index (χ0n) is 4.81. The summed E-state index contributed by atoms with van der Waals surface area (Å²) < 4.78 is 13.1. The summed E-state index contributed by atoms with van der Waals surface area (Å²) in [5.41, 5.74) is 0. The third-order valence-corrected chi connectivity index (χ3v) is 1.33. The highest BCUT2D eigenvalue weighted by molar-refractivity contribution is 9.10. The van der Waals surface area contributed by atoms with Gasteiger partial charge in [-0.3, -0.25) is 0 Å². The Labute approximate surface area is 65.7 Å². The summed E-state index contributed by atoms with van der Waals surface area (Å²) in [6, 6.07) is 1.21. The Balaban J connectivity index is 3.23. The molecule has 0 bridgehead atoms. The maximum atomic E-state index is 12.5. The van der Waals surface area contributed by atoms with Crippen molar-refractivity contribution in [1.82, 2.24) is 4.98 Å². The Kier molecular flexibility index (Phi) is 1.97. The maximum absolute atomic E-state index is 12.5. The van der Waals surface area contributed by atoms with E-state index in [1.165, 1.54) is 12.3 Å². The van der Waals surface area contributed by atoms with Crippen molar-refractivity contribution in [2.75, 3.05) is 0 Å². The molecule has 0 aliphatic rings. The molecule has 0 N–H and O–H groups in total. The second-order valence-electron chi connectivity index (χ2n) is 1.57. The topological polar surface area (TPSA) is 17.2 Å². The monoisotopic (exact) mass is 200 g/mol. The van der Waals surface area contributed by atoms with Crippen molar-refractivity contribution in [1.29, 1.82) is 0 Å². The minimum Gasteiger partial charge on any atom is -0.358 e. The van der Waals surface area contributed by atoms with Gasteiger partial charge in [0.15, 0.2) is 5.82 Å². The highest BCUT2D eigenvalue weighted by Gasteiger charge is 2.02. The van der Waals surface area contributed by atoms with E-state index in [9.17, 15) is 4.39 Å². The van der Waals surface area contributed by atoms with Gasteiger partial charge in [-0.05, 0) is 22.0 Å². The molecule has 2 nitrogen and oxygen atoms in total. The number of hydrogen-bond acceptors (Lipinski definition) is 1. The summed E-state index contributed by atoms with van der Waals surface area (Å²) in [5.74, 6) is -0.785. The third kappa shape index (κ3) is 1.31. The average Bonchev–Trinajstić information content (AvgIpc) is 1.88. The van der Waals surface area contributed by atoms with Crippen molar-refractivity contribution in [3.05, 3.63) is 34.0 Å². The van der Waals surface area contributed by atoms with Crippen molar-refractivity contribution >= 4 is 21.7 Å². The number of nitrogens with zero attached hydrogens (tertiary/aromatic N) is 2. The van der Waals surface area contributed by atoms with Gasteiger partial charge in [0.1, 0.15) is 6.20 Å². The van der Waals surface area contributed by atoms with Gasteiger partial charge in [-0.25, -0.2) is 4.39 Å². The molecule has 0 atom stereocenters. The van der Waals surface area contributed by atoms with Crippen molar-refractivity contribution in [2.24, 2.45) is 0 Å². The fourth-order valence-corrected chi connectivity index (χ4v) is 0.793. The van der Waals surface area contributed by atoms with E-state index in [2.05, 4.69) is 25.8 Å². The van der Waals surface area contributed by atoms with Crippen molar-refractivity contribution < 1.29 is 4.39 Å². The van der Waals surface area contributed by atoms with Crippen LogP contribution in [0.2, 0.25) is 0 Å². The number of aromatic nitrogens is 1. The summed E-state index contributed by atoms with van der Waals surface area (Å²) in [4.78, 5) is 6.37. The van der Waals surface area contributed by atoms with Crippen LogP contribution in [0.25, 0.3) is 4.85 Å². The largest absolute Gasteiger partial charge is 0.358 e. The van der Waals surface area contributed by atoms with Crippen molar-refractivity contribution in [3.8, 4) is 0 Å². The number of hydrogen-bond donors (Lipinski definition) is 0. The van der Waals surface area contributed by atoms with Crippen LogP contribution in [0.4, 0.5) is 10.2 Å². The third-order valence-electron chi connectivity index (χ3n) is 0.894. The number of halogens is 2. The molecule has 1 aromatic heterocycles. The molecule has 0 amide bonds. The van der Waals surface area contributed by atoms with E-state index in [1.54, 1.807) is 0 Å². The highest BCUT2D eigenvalue weighted by Crippen LogP contribution is 2.17. The second kappa shape index (κ2) is 2.76. The molecule has 4 heteroatoms. The highest BCUT2D eigenvalue weighted by atomic mass is 79.9. The van der Waals surface area contributed by atoms with Crippen LogP contribution in [0.3, 0.4) is 0 Å². The Bertz CT molecular complexity index is 292. The Morgan fingerprint density at radius 1 is 1.70 bits per heavy atom. The van der Waals surface area contributed by atoms with Crippen LogP contribution >= 0.6 is 15.9 Å². The molecule has 0 aliphatic carbocycles. The van der Waals surface area contributed by atoms with E-state index in [-0.39, 0.29) is 5.82 Å². The van der Waals surface area contributed by atoms with Crippen LogP contribution in [0.15, 0.2) is 16.7 Å². The van der Waals surface area contributed by atoms with Crippen LogP contribution in [0, 0.1) is 12.4 Å². The van der Waals surface area contributed by atoms with E-state index >= 15 is 0 Å². The molecule has 0 spiro atoms. The quantitative estimate of drug-likeness (QED) is 0.589. The standard InChI is InChI=1S/C6H2BrFN2/c1-9-6-5(8)2-4(7)3-10-6/h2-3H. The molecule has 1 heterocycles. The fraction of sp³-hybridized carbons (Fsp3) is 0. The van der Waals surface area contributed by atoms with Gasteiger partial charge in [-0.1, -0.05) is 6.57 Å². The molecule has 0 saturated carbocycles. The molecule has 10 heavy (non-hydrogen) atoms. The molecular weight excluding hydrogens is 199 g/mol. The molecule has 50 valence electrons. The lowest BCUT2D eigenvalue weighted by Crippen LogP contribution is -1.78. The summed E-state index contributed by atoms with van der Waals surface area (Å²) in [6.07, 6.45) is 1.39. The van der Waals surface area contributed by atoms with Gasteiger partial charge in [-0.15, -0.1) is 4.98 Å². The zero-order valence-corrected chi connectivity index (χ0v) is 6.39. The molecule has 1 rings (SSSR count). The molecule has 0 fully saturated rings. The van der Waals surface area contributed by atoms with Gasteiger partial charge < -0.3 is 4.85 Å². The Morgan fingerprint density at radius 2 is 2.40 bits per heavy atom. The minimum absolute atomic E-state index is 0.191. The smallest absolute Gasteiger partial charge is 0.305 e. The van der Waals surface area contributed by atoms with Crippen LogP contribution in [-0.4, -0.2) is 4.98 Å². The van der Waals surface area contributed by atoms with Crippen LogP contribution in [0.1, 0.15) is 0 Å². The molecule has 1 aromatic rings. The fourth-order valence-electron chi connectivity index (χ4n) is 0.490. The normalized spacial score (nSPS) is 8.90. The molecule has 0 aromatic carbocycles. The lowest BCUT2D eigenvalue weighted by Gasteiger charge is -1.89. The van der Waals surface area contributed by atoms with Crippen molar-refractivity contribution in [3.63, 3.8) is 0 Å². The van der Waals surface area contributed by atoms with Crippen LogP contribution in [0.5, 0.6) is 0 Å². The SMILES string of the molecule is [C-]#[N+]c1ncc(Br)cc1F.